The number of ether oxygens (including phenoxy) is 3. The SMILES string of the molecule is CC/C=C\C/C=C\C/C=C\C/C=C\C/C=C\C/C=C\C/C=C\C/C=C\C/C=C\C/C=C\CCCCCCC(=O)OCC(COC(=O)CCCCCCC/C=C\CCCCCC)OC(=O)CCCCCCCCCCCCCCCCC. The Kier molecular flexibility index (Phi) is 64.3. The molecule has 460 valence electrons. The lowest BCUT2D eigenvalue weighted by atomic mass is 10.0. The molecule has 81 heavy (non-hydrogen) atoms. The van der Waals surface area contributed by atoms with Crippen molar-refractivity contribution >= 4 is 17.9 Å². The van der Waals surface area contributed by atoms with Crippen LogP contribution in [-0.4, -0.2) is 37.2 Å². The first kappa shape index (κ1) is 76.5. The summed E-state index contributed by atoms with van der Waals surface area (Å²) in [5.74, 6) is -0.918. The monoisotopic (exact) mass is 1120 g/mol. The largest absolute Gasteiger partial charge is 0.462 e. The molecule has 1 atom stereocenters. The Morgan fingerprint density at radius 1 is 0.259 bits per heavy atom. The van der Waals surface area contributed by atoms with Gasteiger partial charge in [-0.2, -0.15) is 0 Å². The second kappa shape index (κ2) is 68.1. The molecule has 0 spiro atoms. The highest BCUT2D eigenvalue weighted by molar-refractivity contribution is 5.71. The summed E-state index contributed by atoms with van der Waals surface area (Å²) in [6, 6.07) is 0. The molecule has 0 N–H and O–H groups in total. The van der Waals surface area contributed by atoms with Gasteiger partial charge < -0.3 is 14.2 Å². The van der Waals surface area contributed by atoms with E-state index in [0.717, 1.165) is 141 Å². The van der Waals surface area contributed by atoms with Gasteiger partial charge in [-0.25, -0.2) is 0 Å². The van der Waals surface area contributed by atoms with E-state index in [1.807, 2.05) is 0 Å². The molecule has 0 radical (unpaired) electrons. The molecule has 0 saturated heterocycles. The van der Waals surface area contributed by atoms with Gasteiger partial charge in [0.25, 0.3) is 0 Å². The summed E-state index contributed by atoms with van der Waals surface area (Å²) in [5.41, 5.74) is 0. The van der Waals surface area contributed by atoms with Gasteiger partial charge in [-0.3, -0.25) is 14.4 Å². The normalized spacial score (nSPS) is 13.0. The third kappa shape index (κ3) is 66.2. The molecule has 0 aliphatic carbocycles. The summed E-state index contributed by atoms with van der Waals surface area (Å²) in [6.07, 6.45) is 96.1. The van der Waals surface area contributed by atoms with E-state index in [-0.39, 0.29) is 31.1 Å². The number of carbonyl (C=O) groups excluding carboxylic acids is 3. The molecule has 0 aromatic rings. The second-order valence-corrected chi connectivity index (χ2v) is 22.0. The van der Waals surface area contributed by atoms with Crippen LogP contribution in [0.4, 0.5) is 0 Å². The first-order chi connectivity index (χ1) is 40.0. The lowest BCUT2D eigenvalue weighted by molar-refractivity contribution is -0.167. The minimum Gasteiger partial charge on any atom is -0.462 e. The maximum atomic E-state index is 12.9. The fourth-order valence-corrected chi connectivity index (χ4v) is 9.11. The molecule has 6 nitrogen and oxygen atoms in total. The highest BCUT2D eigenvalue weighted by atomic mass is 16.6. The second-order valence-electron chi connectivity index (χ2n) is 22.0. The maximum absolute atomic E-state index is 12.9. The van der Waals surface area contributed by atoms with Crippen LogP contribution in [0.25, 0.3) is 0 Å². The quantitative estimate of drug-likeness (QED) is 0.0261. The predicted molar refractivity (Wildman–Crippen MR) is 353 cm³/mol. The van der Waals surface area contributed by atoms with Gasteiger partial charge in [0.1, 0.15) is 13.2 Å². The van der Waals surface area contributed by atoms with Crippen molar-refractivity contribution < 1.29 is 28.6 Å². The zero-order valence-electron chi connectivity index (χ0n) is 52.8. The van der Waals surface area contributed by atoms with Crippen molar-refractivity contribution in [2.75, 3.05) is 13.2 Å². The summed E-state index contributed by atoms with van der Waals surface area (Å²) in [5, 5.41) is 0. The van der Waals surface area contributed by atoms with Crippen LogP contribution in [0.5, 0.6) is 0 Å². The van der Waals surface area contributed by atoms with E-state index >= 15 is 0 Å². The summed E-state index contributed by atoms with van der Waals surface area (Å²) >= 11 is 0. The number of allylic oxidation sites excluding steroid dienone is 22. The van der Waals surface area contributed by atoms with E-state index in [9.17, 15) is 14.4 Å². The molecular formula is C75H124O6. The molecular weight excluding hydrogens is 997 g/mol. The van der Waals surface area contributed by atoms with Gasteiger partial charge in [-0.1, -0.05) is 296 Å². The number of hydrogen-bond acceptors (Lipinski definition) is 6. The fraction of sp³-hybridized carbons (Fsp3) is 0.667. The Balaban J connectivity index is 4.31. The topological polar surface area (TPSA) is 78.9 Å². The summed E-state index contributed by atoms with van der Waals surface area (Å²) in [6.45, 7) is 6.50. The van der Waals surface area contributed by atoms with Crippen molar-refractivity contribution in [1.29, 1.82) is 0 Å². The highest BCUT2D eigenvalue weighted by Crippen LogP contribution is 2.16. The van der Waals surface area contributed by atoms with Gasteiger partial charge in [-0.05, 0) is 122 Å². The van der Waals surface area contributed by atoms with Gasteiger partial charge in [0, 0.05) is 19.3 Å². The molecule has 0 fully saturated rings. The third-order valence-electron chi connectivity index (χ3n) is 14.1. The maximum Gasteiger partial charge on any atom is 0.306 e. The Labute approximate surface area is 500 Å². The Morgan fingerprint density at radius 3 is 0.778 bits per heavy atom. The zero-order chi connectivity index (χ0) is 58.5. The number of carbonyl (C=O) groups is 3. The number of unbranched alkanes of at least 4 members (excludes halogenated alkanes) is 27. The standard InChI is InChI=1S/C75H124O6/c1-4-7-10-13-16-19-22-25-27-28-29-30-31-32-33-34-35-36-37-38-39-40-41-42-43-44-45-46-48-50-53-56-59-62-65-68-74(77)80-71-72(70-79-73(76)67-64-61-58-55-52-49-24-21-18-15-12-9-6-3)81-75(78)69-66-63-60-57-54-51-47-26-23-20-17-14-11-8-5-2/h7,10,16,19,21,24-25,27,29-30,32-33,35-36,38-39,41-42,44-45,48,50,72H,4-6,8-9,11-15,17-18,20,22-23,26,28,31,34,37,40,43,46-47,49,51-71H2,1-3H3/b10-7-,19-16-,24-21-,27-25-,30-29-,33-32-,36-35-,39-38-,42-41-,45-44-,50-48-. The molecule has 0 aliphatic rings. The van der Waals surface area contributed by atoms with Crippen LogP contribution in [0.15, 0.2) is 134 Å². The lowest BCUT2D eigenvalue weighted by Gasteiger charge is -2.18. The molecule has 0 rings (SSSR count). The van der Waals surface area contributed by atoms with Gasteiger partial charge in [0.05, 0.1) is 0 Å². The van der Waals surface area contributed by atoms with Gasteiger partial charge >= 0.3 is 17.9 Å². The smallest absolute Gasteiger partial charge is 0.306 e. The first-order valence-corrected chi connectivity index (χ1v) is 33.7. The van der Waals surface area contributed by atoms with Crippen LogP contribution in [0.1, 0.15) is 303 Å². The first-order valence-electron chi connectivity index (χ1n) is 33.7. The summed E-state index contributed by atoms with van der Waals surface area (Å²) in [7, 11) is 0. The van der Waals surface area contributed by atoms with Gasteiger partial charge in [0.2, 0.25) is 0 Å². The van der Waals surface area contributed by atoms with Crippen LogP contribution < -0.4 is 0 Å². The lowest BCUT2D eigenvalue weighted by Crippen LogP contribution is -2.30. The van der Waals surface area contributed by atoms with E-state index < -0.39 is 6.10 Å². The van der Waals surface area contributed by atoms with Crippen molar-refractivity contribution in [3.8, 4) is 0 Å². The fourth-order valence-electron chi connectivity index (χ4n) is 9.11. The Morgan fingerprint density at radius 2 is 0.481 bits per heavy atom. The van der Waals surface area contributed by atoms with Crippen molar-refractivity contribution in [3.63, 3.8) is 0 Å². The summed E-state index contributed by atoms with van der Waals surface area (Å²) < 4.78 is 16.9. The molecule has 0 aromatic carbocycles. The van der Waals surface area contributed by atoms with Crippen molar-refractivity contribution in [3.05, 3.63) is 134 Å². The average molecular weight is 1120 g/mol. The van der Waals surface area contributed by atoms with E-state index in [1.165, 1.54) is 122 Å². The minimum atomic E-state index is -0.794. The van der Waals surface area contributed by atoms with Gasteiger partial charge in [-0.15, -0.1) is 0 Å². The van der Waals surface area contributed by atoms with Crippen LogP contribution in [0.2, 0.25) is 0 Å². The molecule has 0 heterocycles. The molecule has 0 saturated carbocycles. The third-order valence-corrected chi connectivity index (χ3v) is 14.1. The highest BCUT2D eigenvalue weighted by Gasteiger charge is 2.19. The average Bonchev–Trinajstić information content (AvgIpc) is 3.46. The van der Waals surface area contributed by atoms with Crippen molar-refractivity contribution in [2.24, 2.45) is 0 Å². The summed E-state index contributed by atoms with van der Waals surface area (Å²) in [4.78, 5) is 38.3. The molecule has 0 amide bonds. The predicted octanol–water partition coefficient (Wildman–Crippen LogP) is 23.3. The number of hydrogen-bond donors (Lipinski definition) is 0. The number of esters is 3. The van der Waals surface area contributed by atoms with Crippen LogP contribution in [0, 0.1) is 0 Å². The van der Waals surface area contributed by atoms with E-state index in [4.69, 9.17) is 14.2 Å². The molecule has 0 aromatic heterocycles. The zero-order valence-corrected chi connectivity index (χ0v) is 52.8. The Hall–Kier alpha value is -4.45. The number of rotatable bonds is 60. The van der Waals surface area contributed by atoms with Crippen molar-refractivity contribution in [1.82, 2.24) is 0 Å². The van der Waals surface area contributed by atoms with E-state index in [1.54, 1.807) is 0 Å². The van der Waals surface area contributed by atoms with E-state index in [2.05, 4.69) is 154 Å². The molecule has 1 unspecified atom stereocenters. The van der Waals surface area contributed by atoms with Gasteiger partial charge in [0.15, 0.2) is 6.10 Å². The van der Waals surface area contributed by atoms with Crippen molar-refractivity contribution in [2.45, 2.75) is 309 Å². The Bertz CT molecular complexity index is 1720. The van der Waals surface area contributed by atoms with E-state index in [0.29, 0.717) is 19.3 Å². The van der Waals surface area contributed by atoms with Crippen LogP contribution >= 0.6 is 0 Å². The minimum absolute atomic E-state index is 0.0903. The molecule has 6 heteroatoms. The van der Waals surface area contributed by atoms with Crippen LogP contribution in [0.3, 0.4) is 0 Å². The molecule has 0 bridgehead atoms. The van der Waals surface area contributed by atoms with Crippen LogP contribution in [-0.2, 0) is 28.6 Å². The molecule has 0 aliphatic heterocycles.